The molecule has 0 spiro atoms. The van der Waals surface area contributed by atoms with E-state index in [0.717, 1.165) is 83.5 Å². The largest absolute Gasteiger partial charge is 0.462 e. The van der Waals surface area contributed by atoms with Gasteiger partial charge in [-0.3, -0.25) is 14.4 Å². The minimum atomic E-state index is -0.779. The quantitative estimate of drug-likeness (QED) is 0.0262. The van der Waals surface area contributed by atoms with E-state index in [0.29, 0.717) is 19.3 Å². The summed E-state index contributed by atoms with van der Waals surface area (Å²) in [6.45, 7) is 6.61. The summed E-state index contributed by atoms with van der Waals surface area (Å²) in [5.41, 5.74) is 0. The molecule has 0 aromatic carbocycles. The number of carbonyl (C=O) groups excluding carboxylic acids is 3. The number of ether oxygens (including phenoxy) is 3. The van der Waals surface area contributed by atoms with E-state index >= 15 is 0 Å². The Morgan fingerprint density at radius 2 is 0.537 bits per heavy atom. The summed E-state index contributed by atoms with van der Waals surface area (Å²) in [7, 11) is 0. The Bertz CT molecular complexity index is 1170. The van der Waals surface area contributed by atoms with Crippen molar-refractivity contribution in [2.45, 2.75) is 309 Å². The fourth-order valence-corrected chi connectivity index (χ4v) is 8.39. The van der Waals surface area contributed by atoms with Crippen LogP contribution in [0.5, 0.6) is 0 Å². The van der Waals surface area contributed by atoms with Crippen LogP contribution in [0.2, 0.25) is 0 Å². The first-order valence-corrected chi connectivity index (χ1v) is 29.1. The van der Waals surface area contributed by atoms with Gasteiger partial charge >= 0.3 is 17.9 Å². The number of hydrogen-bond acceptors (Lipinski definition) is 6. The summed E-state index contributed by atoms with van der Waals surface area (Å²) in [6.07, 6.45) is 68.2. The van der Waals surface area contributed by atoms with Crippen LogP contribution in [0, 0.1) is 0 Å². The number of rotatable bonds is 53. The van der Waals surface area contributed by atoms with Crippen LogP contribution in [0.25, 0.3) is 0 Å². The van der Waals surface area contributed by atoms with Crippen molar-refractivity contribution < 1.29 is 28.6 Å². The Morgan fingerprint density at radius 1 is 0.299 bits per heavy atom. The summed E-state index contributed by atoms with van der Waals surface area (Å²) < 4.78 is 16.8. The van der Waals surface area contributed by atoms with E-state index in [4.69, 9.17) is 14.2 Å². The maximum atomic E-state index is 12.8. The van der Waals surface area contributed by atoms with Gasteiger partial charge in [0.1, 0.15) is 13.2 Å². The minimum Gasteiger partial charge on any atom is -0.462 e. The van der Waals surface area contributed by atoms with Crippen molar-refractivity contribution in [1.82, 2.24) is 0 Å². The van der Waals surface area contributed by atoms with Gasteiger partial charge in [0, 0.05) is 19.3 Å². The molecule has 0 N–H and O–H groups in total. The highest BCUT2D eigenvalue weighted by molar-refractivity contribution is 5.71. The second-order valence-corrected chi connectivity index (χ2v) is 19.6. The lowest BCUT2D eigenvalue weighted by molar-refractivity contribution is -0.167. The predicted octanol–water partition coefficient (Wildman–Crippen LogP) is 19.4. The van der Waals surface area contributed by atoms with Crippen molar-refractivity contribution >= 4 is 17.9 Å². The molecule has 0 unspecified atom stereocenters. The smallest absolute Gasteiger partial charge is 0.306 e. The average Bonchev–Trinajstić information content (AvgIpc) is 3.33. The van der Waals surface area contributed by atoms with Gasteiger partial charge in [-0.15, -0.1) is 0 Å². The van der Waals surface area contributed by atoms with Crippen molar-refractivity contribution in [3.63, 3.8) is 0 Å². The van der Waals surface area contributed by atoms with E-state index < -0.39 is 6.10 Å². The molecule has 0 aromatic rings. The molecule has 0 aliphatic heterocycles. The zero-order valence-electron chi connectivity index (χ0n) is 44.7. The summed E-state index contributed by atoms with van der Waals surface area (Å²) >= 11 is 0. The molecule has 390 valence electrons. The zero-order valence-corrected chi connectivity index (χ0v) is 44.7. The Balaban J connectivity index is 4.30. The first kappa shape index (κ1) is 64.4. The molecule has 0 aliphatic carbocycles. The molecule has 0 bridgehead atoms. The molecule has 0 saturated carbocycles. The third kappa shape index (κ3) is 54.2. The molecule has 0 aromatic heterocycles. The normalized spacial score (nSPS) is 12.3. The van der Waals surface area contributed by atoms with E-state index in [1.165, 1.54) is 180 Å². The van der Waals surface area contributed by atoms with E-state index in [1.807, 2.05) is 0 Å². The van der Waals surface area contributed by atoms with Gasteiger partial charge in [-0.05, 0) is 83.5 Å². The number of carbonyl (C=O) groups is 3. The molecule has 1 atom stereocenters. The van der Waals surface area contributed by atoms with Crippen molar-refractivity contribution in [3.8, 4) is 0 Å². The second-order valence-electron chi connectivity index (χ2n) is 19.6. The molecule has 6 nitrogen and oxygen atoms in total. The van der Waals surface area contributed by atoms with Gasteiger partial charge in [0.05, 0.1) is 0 Å². The van der Waals surface area contributed by atoms with Crippen LogP contribution < -0.4 is 0 Å². The molecule has 0 aliphatic rings. The van der Waals surface area contributed by atoms with Crippen LogP contribution in [0.15, 0.2) is 48.6 Å². The highest BCUT2D eigenvalue weighted by Gasteiger charge is 2.19. The molecule has 6 heteroatoms. The summed E-state index contributed by atoms with van der Waals surface area (Å²) in [5, 5.41) is 0. The molecule has 0 radical (unpaired) electrons. The van der Waals surface area contributed by atoms with E-state index in [1.54, 1.807) is 0 Å². The molecule has 0 fully saturated rings. The van der Waals surface area contributed by atoms with Crippen molar-refractivity contribution in [3.05, 3.63) is 48.6 Å². The van der Waals surface area contributed by atoms with Crippen LogP contribution in [0.4, 0.5) is 0 Å². The number of allylic oxidation sites excluding steroid dienone is 8. The van der Waals surface area contributed by atoms with Crippen LogP contribution in [0.1, 0.15) is 303 Å². The Labute approximate surface area is 416 Å². The van der Waals surface area contributed by atoms with Gasteiger partial charge in [-0.2, -0.15) is 0 Å². The standard InChI is InChI=1S/C61H110O6/c1-4-7-10-13-16-19-22-24-26-28-29-30-31-33-35-37-40-42-45-48-51-54-60(63)66-57-58(67-61(64)55-52-49-46-43-38-21-18-15-12-9-6-3)56-65-59(62)53-50-47-44-41-39-36-34-32-27-25-23-20-17-14-11-8-5-2/h17,20,24-27,34,36,58H,4-16,18-19,21-23,28-33,35,37-57H2,1-3H3/b20-17-,26-24-,27-25-,36-34-/t58-/m1/s1. The Kier molecular flexibility index (Phi) is 53.8. The van der Waals surface area contributed by atoms with Gasteiger partial charge < -0.3 is 14.2 Å². The second kappa shape index (κ2) is 56.0. The third-order valence-electron chi connectivity index (χ3n) is 12.8. The third-order valence-corrected chi connectivity index (χ3v) is 12.8. The van der Waals surface area contributed by atoms with E-state index in [2.05, 4.69) is 69.4 Å². The SMILES string of the molecule is CCCCC/C=C\C/C=C\C/C=C\CCCCCCC(=O)OC[C@H](COC(=O)CCCCCCCCCCCCC/C=C\CCCCCCCC)OC(=O)CCCCCCCCCCCCC. The van der Waals surface area contributed by atoms with Gasteiger partial charge in [-0.25, -0.2) is 0 Å². The molecule has 0 saturated heterocycles. The highest BCUT2D eigenvalue weighted by atomic mass is 16.6. The maximum absolute atomic E-state index is 12.8. The Hall–Kier alpha value is -2.63. The number of unbranched alkanes of at least 4 members (excludes halogenated alkanes) is 34. The van der Waals surface area contributed by atoms with E-state index in [9.17, 15) is 14.4 Å². The van der Waals surface area contributed by atoms with Crippen LogP contribution in [0.3, 0.4) is 0 Å². The molecular weight excluding hydrogens is 829 g/mol. The van der Waals surface area contributed by atoms with Gasteiger partial charge in [0.25, 0.3) is 0 Å². The van der Waals surface area contributed by atoms with E-state index in [-0.39, 0.29) is 31.1 Å². The van der Waals surface area contributed by atoms with Crippen molar-refractivity contribution in [2.75, 3.05) is 13.2 Å². The lowest BCUT2D eigenvalue weighted by Crippen LogP contribution is -2.30. The predicted molar refractivity (Wildman–Crippen MR) is 289 cm³/mol. The fraction of sp³-hybridized carbons (Fsp3) is 0.820. The number of hydrogen-bond donors (Lipinski definition) is 0. The zero-order chi connectivity index (χ0) is 48.6. The lowest BCUT2D eigenvalue weighted by atomic mass is 10.0. The van der Waals surface area contributed by atoms with Crippen molar-refractivity contribution in [1.29, 1.82) is 0 Å². The topological polar surface area (TPSA) is 78.9 Å². The summed E-state index contributed by atoms with van der Waals surface area (Å²) in [5.74, 6) is -0.888. The van der Waals surface area contributed by atoms with Crippen LogP contribution in [-0.4, -0.2) is 37.2 Å². The molecule has 0 rings (SSSR count). The first-order chi connectivity index (χ1) is 33.0. The minimum absolute atomic E-state index is 0.0778. The Morgan fingerprint density at radius 3 is 0.881 bits per heavy atom. The average molecular weight is 940 g/mol. The molecule has 0 amide bonds. The first-order valence-electron chi connectivity index (χ1n) is 29.1. The number of esters is 3. The van der Waals surface area contributed by atoms with Crippen LogP contribution >= 0.6 is 0 Å². The molecule has 67 heavy (non-hydrogen) atoms. The van der Waals surface area contributed by atoms with Crippen molar-refractivity contribution in [2.24, 2.45) is 0 Å². The molecular formula is C61H110O6. The fourth-order valence-electron chi connectivity index (χ4n) is 8.39. The lowest BCUT2D eigenvalue weighted by Gasteiger charge is -2.18. The molecule has 0 heterocycles. The maximum Gasteiger partial charge on any atom is 0.306 e. The monoisotopic (exact) mass is 939 g/mol. The summed E-state index contributed by atoms with van der Waals surface area (Å²) in [6, 6.07) is 0. The van der Waals surface area contributed by atoms with Gasteiger partial charge in [0.15, 0.2) is 6.10 Å². The van der Waals surface area contributed by atoms with Crippen LogP contribution in [-0.2, 0) is 28.6 Å². The van der Waals surface area contributed by atoms with Gasteiger partial charge in [0.2, 0.25) is 0 Å². The summed E-state index contributed by atoms with van der Waals surface area (Å²) in [4.78, 5) is 38.1. The highest BCUT2D eigenvalue weighted by Crippen LogP contribution is 2.16. The van der Waals surface area contributed by atoms with Gasteiger partial charge in [-0.1, -0.05) is 249 Å².